The first-order chi connectivity index (χ1) is 8.69. The molecule has 0 saturated heterocycles. The van der Waals surface area contributed by atoms with Crippen LogP contribution in [0.3, 0.4) is 0 Å². The molecule has 94 valence electrons. The number of aryl methyl sites for hydroxylation is 1. The average molecular weight is 261 g/mol. The van der Waals surface area contributed by atoms with Crippen LogP contribution in [-0.4, -0.2) is 6.26 Å². The lowest BCUT2D eigenvalue weighted by molar-refractivity contribution is 0.627. The molecule has 0 bridgehead atoms. The van der Waals surface area contributed by atoms with Gasteiger partial charge in [0.2, 0.25) is 0 Å². The summed E-state index contributed by atoms with van der Waals surface area (Å²) in [4.78, 5) is 1.26. The van der Waals surface area contributed by atoms with E-state index in [0.717, 1.165) is 17.8 Å². The highest BCUT2D eigenvalue weighted by atomic mass is 32.2. The van der Waals surface area contributed by atoms with Crippen LogP contribution in [0.1, 0.15) is 11.1 Å². The zero-order chi connectivity index (χ0) is 13.0. The summed E-state index contributed by atoms with van der Waals surface area (Å²) in [5.74, 6) is -0.192. The van der Waals surface area contributed by atoms with Crippen LogP contribution in [-0.2, 0) is 6.54 Å². The first kappa shape index (κ1) is 13.0. The number of hydrogen-bond acceptors (Lipinski definition) is 2. The quantitative estimate of drug-likeness (QED) is 0.815. The second-order valence-electron chi connectivity index (χ2n) is 4.16. The van der Waals surface area contributed by atoms with E-state index in [1.54, 1.807) is 23.9 Å². The van der Waals surface area contributed by atoms with Crippen molar-refractivity contribution in [3.05, 3.63) is 59.4 Å². The van der Waals surface area contributed by atoms with Crippen LogP contribution in [0.5, 0.6) is 0 Å². The summed E-state index contributed by atoms with van der Waals surface area (Å²) < 4.78 is 13.0. The minimum Gasteiger partial charge on any atom is -0.381 e. The average Bonchev–Trinajstić information content (AvgIpc) is 2.38. The van der Waals surface area contributed by atoms with Gasteiger partial charge in [0.25, 0.3) is 0 Å². The molecule has 2 rings (SSSR count). The molecular formula is C15H16FNS. The molecule has 0 radical (unpaired) electrons. The number of hydrogen-bond donors (Lipinski definition) is 1. The van der Waals surface area contributed by atoms with Gasteiger partial charge in [-0.25, -0.2) is 4.39 Å². The molecule has 0 unspecified atom stereocenters. The van der Waals surface area contributed by atoms with Gasteiger partial charge in [-0.05, 0) is 54.6 Å². The Labute approximate surface area is 111 Å². The summed E-state index contributed by atoms with van der Waals surface area (Å²) in [7, 11) is 0. The maximum atomic E-state index is 13.0. The Bertz CT molecular complexity index is 523. The molecule has 3 heteroatoms. The maximum Gasteiger partial charge on any atom is 0.123 e. The lowest BCUT2D eigenvalue weighted by atomic mass is 10.1. The summed E-state index contributed by atoms with van der Waals surface area (Å²) in [6.07, 6.45) is 2.06. The molecule has 0 saturated carbocycles. The van der Waals surface area contributed by atoms with E-state index in [1.807, 2.05) is 6.92 Å². The topological polar surface area (TPSA) is 12.0 Å². The molecule has 1 nitrogen and oxygen atoms in total. The third-order valence-electron chi connectivity index (χ3n) is 2.83. The van der Waals surface area contributed by atoms with Gasteiger partial charge in [0.05, 0.1) is 0 Å². The molecule has 0 heterocycles. The fourth-order valence-electron chi connectivity index (χ4n) is 1.77. The van der Waals surface area contributed by atoms with Gasteiger partial charge >= 0.3 is 0 Å². The highest BCUT2D eigenvalue weighted by Gasteiger charge is 2.00. The molecule has 2 aromatic carbocycles. The van der Waals surface area contributed by atoms with E-state index in [1.165, 1.54) is 16.5 Å². The van der Waals surface area contributed by atoms with Gasteiger partial charge in [0.15, 0.2) is 0 Å². The second-order valence-corrected chi connectivity index (χ2v) is 5.04. The molecule has 0 aliphatic heterocycles. The summed E-state index contributed by atoms with van der Waals surface area (Å²) in [5.41, 5.74) is 3.12. The molecule has 0 atom stereocenters. The van der Waals surface area contributed by atoms with Crippen molar-refractivity contribution in [1.29, 1.82) is 0 Å². The second kappa shape index (κ2) is 5.91. The number of halogens is 1. The molecule has 0 fully saturated rings. The van der Waals surface area contributed by atoms with E-state index in [-0.39, 0.29) is 5.82 Å². The Hall–Kier alpha value is -1.48. The molecule has 0 aromatic heterocycles. The lowest BCUT2D eigenvalue weighted by Gasteiger charge is -2.10. The zero-order valence-corrected chi connectivity index (χ0v) is 11.4. The van der Waals surface area contributed by atoms with E-state index in [9.17, 15) is 4.39 Å². The largest absolute Gasteiger partial charge is 0.381 e. The van der Waals surface area contributed by atoms with E-state index < -0.39 is 0 Å². The van der Waals surface area contributed by atoms with Gasteiger partial charge in [-0.1, -0.05) is 12.1 Å². The predicted molar refractivity (Wildman–Crippen MR) is 76.7 cm³/mol. The Kier molecular flexibility index (Phi) is 4.26. The van der Waals surface area contributed by atoms with Gasteiger partial charge in [-0.2, -0.15) is 0 Å². The number of benzene rings is 2. The minimum absolute atomic E-state index is 0.192. The first-order valence-electron chi connectivity index (χ1n) is 5.82. The maximum absolute atomic E-state index is 13.0. The highest BCUT2D eigenvalue weighted by Crippen LogP contribution is 2.18. The molecule has 2 aromatic rings. The molecule has 1 N–H and O–H groups in total. The third-order valence-corrected chi connectivity index (χ3v) is 3.57. The molecule has 0 aliphatic rings. The van der Waals surface area contributed by atoms with E-state index in [4.69, 9.17) is 0 Å². The number of anilines is 1. The Morgan fingerprint density at radius 1 is 1.11 bits per heavy atom. The van der Waals surface area contributed by atoms with Crippen LogP contribution in [0, 0.1) is 12.7 Å². The molecule has 0 spiro atoms. The number of rotatable bonds is 4. The van der Waals surface area contributed by atoms with Crippen LogP contribution in [0.2, 0.25) is 0 Å². The first-order valence-corrected chi connectivity index (χ1v) is 7.04. The van der Waals surface area contributed by atoms with Crippen molar-refractivity contribution in [2.24, 2.45) is 0 Å². The van der Waals surface area contributed by atoms with Crippen LogP contribution in [0.25, 0.3) is 0 Å². The van der Waals surface area contributed by atoms with Crippen LogP contribution in [0.15, 0.2) is 47.4 Å². The third kappa shape index (κ3) is 3.26. The van der Waals surface area contributed by atoms with Gasteiger partial charge in [-0.15, -0.1) is 11.8 Å². The summed E-state index contributed by atoms with van der Waals surface area (Å²) >= 11 is 1.73. The smallest absolute Gasteiger partial charge is 0.123 e. The van der Waals surface area contributed by atoms with Crippen LogP contribution >= 0.6 is 11.8 Å². The minimum atomic E-state index is -0.192. The number of thioether (sulfide) groups is 1. The number of nitrogens with one attached hydrogen (secondary N) is 1. The van der Waals surface area contributed by atoms with Crippen molar-refractivity contribution in [2.45, 2.75) is 18.4 Å². The monoisotopic (exact) mass is 261 g/mol. The van der Waals surface area contributed by atoms with E-state index in [2.05, 4.69) is 35.8 Å². The van der Waals surface area contributed by atoms with Crippen molar-refractivity contribution in [1.82, 2.24) is 0 Å². The van der Waals surface area contributed by atoms with Crippen molar-refractivity contribution in [3.63, 3.8) is 0 Å². The van der Waals surface area contributed by atoms with Crippen molar-refractivity contribution in [3.8, 4) is 0 Å². The fourth-order valence-corrected chi connectivity index (χ4v) is 2.17. The predicted octanol–water partition coefficient (Wildman–Crippen LogP) is 4.47. The standard InChI is InChI=1S/C15H16FNS/c1-11-9-13(16)5-8-15(11)17-10-12-3-6-14(18-2)7-4-12/h3-9,17H,10H2,1-2H3. The lowest BCUT2D eigenvalue weighted by Crippen LogP contribution is -2.01. The van der Waals surface area contributed by atoms with E-state index >= 15 is 0 Å². The Morgan fingerprint density at radius 2 is 1.83 bits per heavy atom. The summed E-state index contributed by atoms with van der Waals surface area (Å²) in [6.45, 7) is 2.66. The molecular weight excluding hydrogens is 245 g/mol. The van der Waals surface area contributed by atoms with Gasteiger partial charge < -0.3 is 5.32 Å². The molecule has 18 heavy (non-hydrogen) atoms. The van der Waals surface area contributed by atoms with Crippen LogP contribution < -0.4 is 5.32 Å². The van der Waals surface area contributed by atoms with Gasteiger partial charge in [0, 0.05) is 17.1 Å². The van der Waals surface area contributed by atoms with Gasteiger partial charge in [0.1, 0.15) is 5.82 Å². The Morgan fingerprint density at radius 3 is 2.44 bits per heavy atom. The van der Waals surface area contributed by atoms with Gasteiger partial charge in [-0.3, -0.25) is 0 Å². The zero-order valence-electron chi connectivity index (χ0n) is 10.5. The normalized spacial score (nSPS) is 10.4. The highest BCUT2D eigenvalue weighted by molar-refractivity contribution is 7.98. The SMILES string of the molecule is CSc1ccc(CNc2ccc(F)cc2C)cc1. The van der Waals surface area contributed by atoms with Crippen molar-refractivity contribution >= 4 is 17.4 Å². The molecule has 0 aliphatic carbocycles. The van der Waals surface area contributed by atoms with E-state index in [0.29, 0.717) is 0 Å². The fraction of sp³-hybridized carbons (Fsp3) is 0.200. The summed E-state index contributed by atoms with van der Waals surface area (Å²) in [6, 6.07) is 13.2. The van der Waals surface area contributed by atoms with Crippen molar-refractivity contribution in [2.75, 3.05) is 11.6 Å². The Balaban J connectivity index is 2.02. The van der Waals surface area contributed by atoms with Crippen LogP contribution in [0.4, 0.5) is 10.1 Å². The molecule has 0 amide bonds. The van der Waals surface area contributed by atoms with Crippen molar-refractivity contribution < 1.29 is 4.39 Å². The summed E-state index contributed by atoms with van der Waals surface area (Å²) in [5, 5.41) is 3.32.